The quantitative estimate of drug-likeness (QED) is 0.224. The van der Waals surface area contributed by atoms with Gasteiger partial charge in [-0.15, -0.1) is 0 Å². The summed E-state index contributed by atoms with van der Waals surface area (Å²) in [5.74, 6) is 3.74. The highest BCUT2D eigenvalue weighted by Crippen LogP contribution is 2.44. The maximum atomic E-state index is 12.3. The first-order valence-corrected chi connectivity index (χ1v) is 14.6. The Balaban J connectivity index is 1.21. The first-order valence-electron chi connectivity index (χ1n) is 14.6. The number of hydrogen-bond acceptors (Lipinski definition) is 0. The third-order valence-electron chi connectivity index (χ3n) is 9.07. The van der Waals surface area contributed by atoms with Crippen LogP contribution in [0.15, 0.2) is 60.7 Å². The molecular formula is C34H47F. The maximum Gasteiger partial charge on any atom is 0.0894 e. The molecule has 2 aromatic rings. The summed E-state index contributed by atoms with van der Waals surface area (Å²) in [4.78, 5) is 0. The van der Waals surface area contributed by atoms with Gasteiger partial charge >= 0.3 is 0 Å². The summed E-state index contributed by atoms with van der Waals surface area (Å²) in [5, 5.41) is 0. The molecule has 190 valence electrons. The van der Waals surface area contributed by atoms with Gasteiger partial charge in [-0.25, -0.2) is 0 Å². The predicted octanol–water partition coefficient (Wildman–Crippen LogP) is 10.5. The van der Waals surface area contributed by atoms with Gasteiger partial charge in [-0.05, 0) is 123 Å². The fourth-order valence-corrected chi connectivity index (χ4v) is 6.80. The second-order valence-electron chi connectivity index (χ2n) is 11.4. The lowest BCUT2D eigenvalue weighted by Crippen LogP contribution is -2.25. The average molecular weight is 475 g/mol. The minimum atomic E-state index is -0.204. The van der Waals surface area contributed by atoms with Crippen molar-refractivity contribution in [2.24, 2.45) is 17.8 Å². The van der Waals surface area contributed by atoms with Crippen molar-refractivity contribution in [3.63, 3.8) is 0 Å². The van der Waals surface area contributed by atoms with Crippen molar-refractivity contribution in [3.05, 3.63) is 71.8 Å². The van der Waals surface area contributed by atoms with Gasteiger partial charge in [-0.3, -0.25) is 4.39 Å². The Morgan fingerprint density at radius 2 is 1.31 bits per heavy atom. The fraction of sp³-hybridized carbons (Fsp3) is 0.588. The van der Waals surface area contributed by atoms with Crippen molar-refractivity contribution in [2.45, 2.75) is 103 Å². The van der Waals surface area contributed by atoms with Crippen molar-refractivity contribution >= 4 is 0 Å². The molecule has 0 heterocycles. The molecule has 2 saturated carbocycles. The van der Waals surface area contributed by atoms with Crippen LogP contribution in [0.5, 0.6) is 0 Å². The van der Waals surface area contributed by atoms with Gasteiger partial charge in [-0.2, -0.15) is 0 Å². The SMILES string of the molecule is CC=CCCCC1CCC(C2CCC(c3ccc(-c4ccc(CCCCF)cc4)cc3)CC2)CC1. The van der Waals surface area contributed by atoms with Crippen molar-refractivity contribution in [2.75, 3.05) is 6.67 Å². The van der Waals surface area contributed by atoms with Crippen molar-refractivity contribution in [3.8, 4) is 11.1 Å². The van der Waals surface area contributed by atoms with Crippen LogP contribution in [-0.2, 0) is 6.42 Å². The van der Waals surface area contributed by atoms with Crippen LogP contribution >= 0.6 is 0 Å². The van der Waals surface area contributed by atoms with E-state index in [9.17, 15) is 4.39 Å². The highest BCUT2D eigenvalue weighted by Gasteiger charge is 2.31. The molecule has 2 aliphatic rings. The molecule has 0 atom stereocenters. The van der Waals surface area contributed by atoms with E-state index in [2.05, 4.69) is 67.6 Å². The standard InChI is InChI=1S/C34H47F/c1-2-3-4-5-8-27-10-14-29(15-11-27)31-18-22-33(23-19-31)34-24-20-32(21-25-34)30-16-12-28(13-17-30)9-6-7-26-35/h2-3,12-13,16-17,20-21,24-25,27,29,31,33H,4-11,14-15,18-19,22-23,26H2,1H3. The van der Waals surface area contributed by atoms with E-state index in [4.69, 9.17) is 0 Å². The molecule has 2 aliphatic carbocycles. The van der Waals surface area contributed by atoms with Crippen LogP contribution < -0.4 is 0 Å². The number of rotatable bonds is 11. The molecule has 1 heteroatoms. The zero-order valence-electron chi connectivity index (χ0n) is 22.1. The van der Waals surface area contributed by atoms with Gasteiger partial charge in [0, 0.05) is 0 Å². The van der Waals surface area contributed by atoms with Crippen LogP contribution in [0.1, 0.15) is 107 Å². The molecule has 0 nitrogen and oxygen atoms in total. The number of aryl methyl sites for hydroxylation is 1. The lowest BCUT2D eigenvalue weighted by molar-refractivity contribution is 0.156. The maximum absolute atomic E-state index is 12.3. The number of benzene rings is 2. The summed E-state index contributed by atoms with van der Waals surface area (Å²) in [6.45, 7) is 1.93. The summed E-state index contributed by atoms with van der Waals surface area (Å²) in [7, 11) is 0. The van der Waals surface area contributed by atoms with Crippen LogP contribution in [0.2, 0.25) is 0 Å². The van der Waals surface area contributed by atoms with Gasteiger partial charge in [0.15, 0.2) is 0 Å². The Hall–Kier alpha value is -1.89. The number of hydrogen-bond donors (Lipinski definition) is 0. The van der Waals surface area contributed by atoms with Gasteiger partial charge in [0.05, 0.1) is 6.67 Å². The molecular weight excluding hydrogens is 427 g/mol. The Morgan fingerprint density at radius 3 is 1.91 bits per heavy atom. The summed E-state index contributed by atoms with van der Waals surface area (Å²) < 4.78 is 12.3. The molecule has 0 radical (unpaired) electrons. The number of unbranched alkanes of at least 4 members (excludes halogenated alkanes) is 2. The van der Waals surface area contributed by atoms with Crippen molar-refractivity contribution in [1.82, 2.24) is 0 Å². The van der Waals surface area contributed by atoms with E-state index in [0.717, 1.165) is 36.5 Å². The molecule has 0 saturated heterocycles. The van der Waals surface area contributed by atoms with Gasteiger partial charge in [0.2, 0.25) is 0 Å². The molecule has 0 amide bonds. The lowest BCUT2D eigenvalue weighted by atomic mass is 9.68. The first-order chi connectivity index (χ1) is 17.3. The van der Waals surface area contributed by atoms with E-state index in [1.807, 2.05) is 0 Å². The first kappa shape index (κ1) is 26.2. The Morgan fingerprint density at radius 1 is 0.714 bits per heavy atom. The summed E-state index contributed by atoms with van der Waals surface area (Å²) in [5.41, 5.74) is 5.44. The van der Waals surface area contributed by atoms with Crippen LogP contribution in [-0.4, -0.2) is 6.67 Å². The van der Waals surface area contributed by atoms with E-state index in [1.165, 1.54) is 87.3 Å². The van der Waals surface area contributed by atoms with Crippen molar-refractivity contribution in [1.29, 1.82) is 0 Å². The smallest absolute Gasteiger partial charge is 0.0894 e. The minimum absolute atomic E-state index is 0.204. The molecule has 0 unspecified atom stereocenters. The van der Waals surface area contributed by atoms with Gasteiger partial charge < -0.3 is 0 Å². The van der Waals surface area contributed by atoms with Gasteiger partial charge in [-0.1, -0.05) is 79.9 Å². The molecule has 2 fully saturated rings. The minimum Gasteiger partial charge on any atom is -0.251 e. The molecule has 0 spiro atoms. The summed E-state index contributed by atoms with van der Waals surface area (Å²) >= 11 is 0. The Kier molecular flexibility index (Phi) is 10.5. The number of allylic oxidation sites excluding steroid dienone is 2. The topological polar surface area (TPSA) is 0 Å². The molecule has 0 aliphatic heterocycles. The second kappa shape index (κ2) is 14.0. The predicted molar refractivity (Wildman–Crippen MR) is 150 cm³/mol. The average Bonchev–Trinajstić information content (AvgIpc) is 2.92. The lowest BCUT2D eigenvalue weighted by Gasteiger charge is -2.38. The Labute approximate surface area is 214 Å². The third-order valence-corrected chi connectivity index (χ3v) is 9.07. The summed E-state index contributed by atoms with van der Waals surface area (Å²) in [6.07, 6.45) is 22.8. The molecule has 2 aromatic carbocycles. The van der Waals surface area contributed by atoms with Crippen LogP contribution in [0, 0.1) is 17.8 Å². The number of alkyl halides is 1. The second-order valence-corrected chi connectivity index (χ2v) is 11.4. The molecule has 0 aromatic heterocycles. The van der Waals surface area contributed by atoms with Crippen molar-refractivity contribution < 1.29 is 4.39 Å². The van der Waals surface area contributed by atoms with Crippen LogP contribution in [0.4, 0.5) is 4.39 Å². The van der Waals surface area contributed by atoms with E-state index in [1.54, 1.807) is 5.56 Å². The fourth-order valence-electron chi connectivity index (χ4n) is 6.80. The van der Waals surface area contributed by atoms with Gasteiger partial charge in [0.25, 0.3) is 0 Å². The third kappa shape index (κ3) is 7.80. The molecule has 4 rings (SSSR count). The van der Waals surface area contributed by atoms with E-state index in [0.29, 0.717) is 6.42 Å². The zero-order chi connectivity index (χ0) is 24.3. The largest absolute Gasteiger partial charge is 0.251 e. The monoisotopic (exact) mass is 474 g/mol. The molecule has 0 N–H and O–H groups in total. The van der Waals surface area contributed by atoms with E-state index in [-0.39, 0.29) is 6.67 Å². The van der Waals surface area contributed by atoms with Crippen LogP contribution in [0.25, 0.3) is 11.1 Å². The highest BCUT2D eigenvalue weighted by atomic mass is 19.1. The van der Waals surface area contributed by atoms with E-state index < -0.39 is 0 Å². The van der Waals surface area contributed by atoms with Gasteiger partial charge in [0.1, 0.15) is 0 Å². The van der Waals surface area contributed by atoms with Crippen LogP contribution in [0.3, 0.4) is 0 Å². The molecule has 35 heavy (non-hydrogen) atoms. The Bertz CT molecular complexity index is 862. The zero-order valence-corrected chi connectivity index (χ0v) is 22.1. The normalized spacial score (nSPS) is 25.2. The molecule has 0 bridgehead atoms. The highest BCUT2D eigenvalue weighted by molar-refractivity contribution is 5.64. The van der Waals surface area contributed by atoms with E-state index >= 15 is 0 Å². The number of halogens is 1. The summed E-state index contributed by atoms with van der Waals surface area (Å²) in [6, 6.07) is 18.3.